The maximum Gasteiger partial charge on any atom is 0.0155 e. The summed E-state index contributed by atoms with van der Waals surface area (Å²) in [6.07, 6.45) is 5.55. The maximum atomic E-state index is 2.77. The number of piperazine rings is 2. The zero-order chi connectivity index (χ0) is 19.7. The molecular weight excluding hydrogens is 332 g/mol. The standard InChI is InChI=1S/C23H46N4/c1-20(2)25-13-17-27(18-14-25)23(5,6)10-9-22(3,4)26-15-11-24(12-16-26)19-21-7-8-21/h20-21H,7-19H2,1-6H3. The molecule has 1 aliphatic carbocycles. The van der Waals surface area contributed by atoms with Gasteiger partial charge in [0, 0.05) is 76.0 Å². The minimum Gasteiger partial charge on any atom is -0.301 e. The van der Waals surface area contributed by atoms with Crippen LogP contribution in [0.4, 0.5) is 0 Å². The summed E-state index contributed by atoms with van der Waals surface area (Å²) in [5, 5.41) is 0. The van der Waals surface area contributed by atoms with Crippen LogP contribution in [0.15, 0.2) is 0 Å². The van der Waals surface area contributed by atoms with Crippen LogP contribution in [-0.2, 0) is 0 Å². The van der Waals surface area contributed by atoms with Crippen molar-refractivity contribution in [2.24, 2.45) is 5.92 Å². The van der Waals surface area contributed by atoms with Crippen LogP contribution in [0.3, 0.4) is 0 Å². The first-order valence-electron chi connectivity index (χ1n) is 11.6. The molecule has 158 valence electrons. The zero-order valence-corrected chi connectivity index (χ0v) is 19.1. The molecule has 4 nitrogen and oxygen atoms in total. The van der Waals surface area contributed by atoms with Crippen molar-refractivity contribution in [3.8, 4) is 0 Å². The van der Waals surface area contributed by atoms with Crippen molar-refractivity contribution in [2.75, 3.05) is 58.9 Å². The van der Waals surface area contributed by atoms with Crippen LogP contribution in [0.25, 0.3) is 0 Å². The fourth-order valence-electron chi connectivity index (χ4n) is 4.97. The summed E-state index contributed by atoms with van der Waals surface area (Å²) in [4.78, 5) is 10.8. The number of rotatable bonds is 8. The summed E-state index contributed by atoms with van der Waals surface area (Å²) < 4.78 is 0. The first kappa shape index (κ1) is 21.5. The van der Waals surface area contributed by atoms with E-state index in [1.807, 2.05) is 0 Å². The predicted molar refractivity (Wildman–Crippen MR) is 116 cm³/mol. The lowest BCUT2D eigenvalue weighted by Gasteiger charge is -2.48. The third-order valence-corrected chi connectivity index (χ3v) is 7.69. The number of hydrogen-bond acceptors (Lipinski definition) is 4. The van der Waals surface area contributed by atoms with Crippen molar-refractivity contribution < 1.29 is 0 Å². The average molecular weight is 379 g/mol. The Bertz CT molecular complexity index is 453. The Kier molecular flexibility index (Phi) is 6.93. The van der Waals surface area contributed by atoms with Gasteiger partial charge in [0.1, 0.15) is 0 Å². The summed E-state index contributed by atoms with van der Waals surface area (Å²) in [5.41, 5.74) is 0.636. The van der Waals surface area contributed by atoms with E-state index in [2.05, 4.69) is 61.1 Å². The maximum absolute atomic E-state index is 2.77. The highest BCUT2D eigenvalue weighted by Gasteiger charge is 2.36. The lowest BCUT2D eigenvalue weighted by atomic mass is 9.86. The van der Waals surface area contributed by atoms with Crippen LogP contribution in [-0.4, -0.2) is 95.6 Å². The Hall–Kier alpha value is -0.160. The minimum atomic E-state index is 0.314. The minimum absolute atomic E-state index is 0.314. The van der Waals surface area contributed by atoms with E-state index in [4.69, 9.17) is 0 Å². The molecule has 0 unspecified atom stereocenters. The van der Waals surface area contributed by atoms with Gasteiger partial charge in [0.05, 0.1) is 0 Å². The van der Waals surface area contributed by atoms with Gasteiger partial charge in [-0.25, -0.2) is 0 Å². The van der Waals surface area contributed by atoms with Crippen LogP contribution in [0, 0.1) is 5.92 Å². The molecule has 0 aromatic rings. The van der Waals surface area contributed by atoms with Gasteiger partial charge in [-0.1, -0.05) is 0 Å². The van der Waals surface area contributed by atoms with Gasteiger partial charge in [-0.05, 0) is 73.1 Å². The number of nitrogens with zero attached hydrogens (tertiary/aromatic N) is 4. The highest BCUT2D eigenvalue weighted by Crippen LogP contribution is 2.32. The van der Waals surface area contributed by atoms with Crippen molar-refractivity contribution in [3.05, 3.63) is 0 Å². The summed E-state index contributed by atoms with van der Waals surface area (Å²) in [6.45, 7) is 25.9. The highest BCUT2D eigenvalue weighted by molar-refractivity contribution is 4.92. The quantitative estimate of drug-likeness (QED) is 0.642. The van der Waals surface area contributed by atoms with Crippen LogP contribution >= 0.6 is 0 Å². The summed E-state index contributed by atoms with van der Waals surface area (Å²) in [6, 6.07) is 0.688. The molecule has 0 spiro atoms. The van der Waals surface area contributed by atoms with Gasteiger partial charge in [0.25, 0.3) is 0 Å². The monoisotopic (exact) mass is 378 g/mol. The van der Waals surface area contributed by atoms with Crippen molar-refractivity contribution in [1.29, 1.82) is 0 Å². The molecule has 27 heavy (non-hydrogen) atoms. The van der Waals surface area contributed by atoms with Crippen molar-refractivity contribution in [3.63, 3.8) is 0 Å². The van der Waals surface area contributed by atoms with E-state index in [-0.39, 0.29) is 0 Å². The number of hydrogen-bond donors (Lipinski definition) is 0. The second kappa shape index (κ2) is 8.69. The molecule has 2 aliphatic heterocycles. The van der Waals surface area contributed by atoms with Crippen molar-refractivity contribution >= 4 is 0 Å². The van der Waals surface area contributed by atoms with Crippen molar-refractivity contribution in [1.82, 2.24) is 19.6 Å². The lowest BCUT2D eigenvalue weighted by molar-refractivity contribution is 0.0108. The van der Waals surface area contributed by atoms with Gasteiger partial charge in [-0.2, -0.15) is 0 Å². The van der Waals surface area contributed by atoms with E-state index >= 15 is 0 Å². The first-order valence-corrected chi connectivity index (χ1v) is 11.6. The van der Waals surface area contributed by atoms with Gasteiger partial charge in [-0.15, -0.1) is 0 Å². The van der Waals surface area contributed by atoms with Crippen molar-refractivity contribution in [2.45, 2.75) is 84.3 Å². The van der Waals surface area contributed by atoms with Crippen LogP contribution < -0.4 is 0 Å². The molecule has 0 aromatic heterocycles. The molecule has 3 aliphatic rings. The van der Waals surface area contributed by atoms with Gasteiger partial charge in [0.15, 0.2) is 0 Å². The van der Waals surface area contributed by atoms with E-state index in [0.717, 1.165) is 5.92 Å². The molecule has 0 atom stereocenters. The van der Waals surface area contributed by atoms with Gasteiger partial charge < -0.3 is 4.90 Å². The Balaban J connectivity index is 1.43. The molecule has 4 heteroatoms. The lowest BCUT2D eigenvalue weighted by Crippen LogP contribution is -2.57. The fourth-order valence-corrected chi connectivity index (χ4v) is 4.97. The van der Waals surface area contributed by atoms with Crippen LogP contribution in [0.1, 0.15) is 67.2 Å². The molecule has 1 saturated carbocycles. The molecule has 0 radical (unpaired) electrons. The van der Waals surface area contributed by atoms with E-state index < -0.39 is 0 Å². The van der Waals surface area contributed by atoms with E-state index in [1.165, 1.54) is 84.6 Å². The second-order valence-corrected chi connectivity index (χ2v) is 11.0. The third-order valence-electron chi connectivity index (χ3n) is 7.69. The van der Waals surface area contributed by atoms with Crippen LogP contribution in [0.2, 0.25) is 0 Å². The normalized spacial score (nSPS) is 25.4. The predicted octanol–water partition coefficient (Wildman–Crippen LogP) is 3.38. The molecule has 2 heterocycles. The van der Waals surface area contributed by atoms with Gasteiger partial charge >= 0.3 is 0 Å². The largest absolute Gasteiger partial charge is 0.301 e. The Morgan fingerprint density at radius 1 is 0.704 bits per heavy atom. The third kappa shape index (κ3) is 5.91. The molecule has 2 saturated heterocycles. The SMILES string of the molecule is CC(C)N1CCN(C(C)(C)CCC(C)(C)N2CCN(CC3CC3)CC2)CC1. The Morgan fingerprint density at radius 3 is 1.56 bits per heavy atom. The summed E-state index contributed by atoms with van der Waals surface area (Å²) >= 11 is 0. The zero-order valence-electron chi connectivity index (χ0n) is 19.1. The molecule has 3 fully saturated rings. The first-order chi connectivity index (χ1) is 12.7. The molecular formula is C23H46N4. The topological polar surface area (TPSA) is 13.0 Å². The molecule has 0 aromatic carbocycles. The molecule has 3 rings (SSSR count). The van der Waals surface area contributed by atoms with E-state index in [0.29, 0.717) is 17.1 Å². The smallest absolute Gasteiger partial charge is 0.0155 e. The molecule has 0 N–H and O–H groups in total. The summed E-state index contributed by atoms with van der Waals surface area (Å²) in [7, 11) is 0. The average Bonchev–Trinajstić information content (AvgIpc) is 3.45. The van der Waals surface area contributed by atoms with Gasteiger partial charge in [-0.3, -0.25) is 14.7 Å². The second-order valence-electron chi connectivity index (χ2n) is 11.0. The van der Waals surface area contributed by atoms with E-state index in [1.54, 1.807) is 0 Å². The van der Waals surface area contributed by atoms with E-state index in [9.17, 15) is 0 Å². The Morgan fingerprint density at radius 2 is 1.15 bits per heavy atom. The summed E-state index contributed by atoms with van der Waals surface area (Å²) in [5.74, 6) is 1.03. The Labute approximate surface area is 169 Å². The fraction of sp³-hybridized carbons (Fsp3) is 1.00. The highest BCUT2D eigenvalue weighted by atomic mass is 15.3. The van der Waals surface area contributed by atoms with Crippen LogP contribution in [0.5, 0.6) is 0 Å². The molecule has 0 amide bonds. The van der Waals surface area contributed by atoms with Gasteiger partial charge in [0.2, 0.25) is 0 Å². The molecule has 0 bridgehead atoms.